The summed E-state index contributed by atoms with van der Waals surface area (Å²) in [5, 5.41) is 0. The molecular formula is C13H11N. The number of hydrogen-bond donors (Lipinski definition) is 0. The van der Waals surface area contributed by atoms with Crippen LogP contribution in [0.4, 0.5) is 0 Å². The van der Waals surface area contributed by atoms with Crippen molar-refractivity contribution in [3.05, 3.63) is 59.8 Å². The third-order valence-electron chi connectivity index (χ3n) is 2.87. The Balaban J connectivity index is 2.08. The van der Waals surface area contributed by atoms with Crippen molar-refractivity contribution in [3.63, 3.8) is 0 Å². The highest BCUT2D eigenvalue weighted by atomic mass is 14.8. The maximum Gasteiger partial charge on any atom is 0.0852 e. The third kappa shape index (κ3) is 1.06. The van der Waals surface area contributed by atoms with E-state index in [-0.39, 0.29) is 0 Å². The summed E-state index contributed by atoms with van der Waals surface area (Å²) in [6.45, 7) is 0. The standard InChI is InChI=1S/C13H11N/c1-2-6-12-10(4-1)7-8-11-5-3-9-14-13(11)12/h1-9,12-13H/t12-,13-/m1/s1. The van der Waals surface area contributed by atoms with Crippen LogP contribution in [0.2, 0.25) is 0 Å². The van der Waals surface area contributed by atoms with E-state index in [1.807, 2.05) is 12.3 Å². The lowest BCUT2D eigenvalue weighted by Gasteiger charge is -2.29. The molecule has 3 aliphatic rings. The second-order valence-electron chi connectivity index (χ2n) is 3.71. The van der Waals surface area contributed by atoms with Crippen LogP contribution in [-0.2, 0) is 0 Å². The average molecular weight is 181 g/mol. The van der Waals surface area contributed by atoms with Gasteiger partial charge in [-0.15, -0.1) is 0 Å². The zero-order valence-corrected chi connectivity index (χ0v) is 7.80. The van der Waals surface area contributed by atoms with Crippen molar-refractivity contribution >= 4 is 6.21 Å². The molecule has 0 saturated heterocycles. The minimum atomic E-state index is 0.307. The van der Waals surface area contributed by atoms with Gasteiger partial charge in [0.1, 0.15) is 0 Å². The van der Waals surface area contributed by atoms with Gasteiger partial charge in [0.05, 0.1) is 6.04 Å². The predicted octanol–water partition coefficient (Wildman–Crippen LogP) is 2.60. The highest BCUT2D eigenvalue weighted by Gasteiger charge is 2.27. The van der Waals surface area contributed by atoms with E-state index in [4.69, 9.17) is 0 Å². The van der Waals surface area contributed by atoms with Crippen LogP contribution in [0.25, 0.3) is 0 Å². The number of nitrogens with zero attached hydrogens (tertiary/aromatic N) is 1. The van der Waals surface area contributed by atoms with Crippen LogP contribution < -0.4 is 0 Å². The molecule has 1 heterocycles. The van der Waals surface area contributed by atoms with Gasteiger partial charge >= 0.3 is 0 Å². The van der Waals surface area contributed by atoms with Crippen LogP contribution in [0, 0.1) is 5.92 Å². The molecule has 1 aliphatic heterocycles. The van der Waals surface area contributed by atoms with Crippen molar-refractivity contribution < 1.29 is 0 Å². The highest BCUT2D eigenvalue weighted by molar-refractivity contribution is 5.75. The first-order valence-electron chi connectivity index (χ1n) is 4.92. The molecule has 68 valence electrons. The first-order valence-corrected chi connectivity index (χ1v) is 4.92. The first-order chi connectivity index (χ1) is 6.95. The molecular weight excluding hydrogens is 170 g/mol. The molecule has 1 nitrogen and oxygen atoms in total. The Hall–Kier alpha value is -1.63. The predicted molar refractivity (Wildman–Crippen MR) is 59.4 cm³/mol. The van der Waals surface area contributed by atoms with Gasteiger partial charge in [0.15, 0.2) is 0 Å². The van der Waals surface area contributed by atoms with Gasteiger partial charge < -0.3 is 0 Å². The average Bonchev–Trinajstić information content (AvgIpc) is 2.29. The van der Waals surface area contributed by atoms with Gasteiger partial charge in [-0.1, -0.05) is 42.5 Å². The zero-order valence-electron chi connectivity index (χ0n) is 7.80. The van der Waals surface area contributed by atoms with Crippen LogP contribution >= 0.6 is 0 Å². The number of hydrogen-bond acceptors (Lipinski definition) is 1. The fourth-order valence-electron chi connectivity index (χ4n) is 2.15. The van der Waals surface area contributed by atoms with Crippen LogP contribution in [0.5, 0.6) is 0 Å². The molecule has 0 unspecified atom stereocenters. The lowest BCUT2D eigenvalue weighted by atomic mass is 9.80. The van der Waals surface area contributed by atoms with Gasteiger partial charge in [-0.25, -0.2) is 0 Å². The number of allylic oxidation sites excluding steroid dienone is 6. The zero-order chi connectivity index (χ0) is 9.38. The summed E-state index contributed by atoms with van der Waals surface area (Å²) < 4.78 is 0. The van der Waals surface area contributed by atoms with Gasteiger partial charge in [-0.05, 0) is 17.2 Å². The summed E-state index contributed by atoms with van der Waals surface area (Å²) in [5.41, 5.74) is 2.69. The molecule has 1 heteroatoms. The van der Waals surface area contributed by atoms with E-state index in [2.05, 4.69) is 47.5 Å². The van der Waals surface area contributed by atoms with E-state index < -0.39 is 0 Å². The molecule has 14 heavy (non-hydrogen) atoms. The maximum atomic E-state index is 4.53. The largest absolute Gasteiger partial charge is 0.284 e. The van der Waals surface area contributed by atoms with E-state index >= 15 is 0 Å². The molecule has 0 aromatic carbocycles. The second kappa shape index (κ2) is 2.95. The summed E-state index contributed by atoms with van der Waals surface area (Å²) in [5.74, 6) is 0.446. The van der Waals surface area contributed by atoms with Gasteiger partial charge in [0.25, 0.3) is 0 Å². The number of dihydropyridines is 1. The van der Waals surface area contributed by atoms with Crippen molar-refractivity contribution in [1.82, 2.24) is 0 Å². The van der Waals surface area contributed by atoms with Crippen molar-refractivity contribution in [2.75, 3.05) is 0 Å². The molecule has 2 atom stereocenters. The van der Waals surface area contributed by atoms with Crippen molar-refractivity contribution in [2.24, 2.45) is 10.9 Å². The van der Waals surface area contributed by atoms with E-state index in [9.17, 15) is 0 Å². The monoisotopic (exact) mass is 181 g/mol. The van der Waals surface area contributed by atoms with E-state index in [0.29, 0.717) is 12.0 Å². The molecule has 0 amide bonds. The van der Waals surface area contributed by atoms with E-state index in [0.717, 1.165) is 0 Å². The fourth-order valence-corrected chi connectivity index (χ4v) is 2.15. The lowest BCUT2D eigenvalue weighted by Crippen LogP contribution is -2.25. The van der Waals surface area contributed by atoms with Crippen molar-refractivity contribution in [1.29, 1.82) is 0 Å². The first kappa shape index (κ1) is 7.74. The smallest absolute Gasteiger partial charge is 0.0852 e. The second-order valence-corrected chi connectivity index (χ2v) is 3.71. The Labute approximate surface area is 83.5 Å². The maximum absolute atomic E-state index is 4.53. The molecule has 3 rings (SSSR count). The highest BCUT2D eigenvalue weighted by Crippen LogP contribution is 2.33. The van der Waals surface area contributed by atoms with E-state index in [1.54, 1.807) is 0 Å². The molecule has 0 N–H and O–H groups in total. The van der Waals surface area contributed by atoms with Gasteiger partial charge in [0.2, 0.25) is 0 Å². The number of rotatable bonds is 0. The normalized spacial score (nSPS) is 32.0. The van der Waals surface area contributed by atoms with Crippen LogP contribution in [-0.4, -0.2) is 12.3 Å². The Kier molecular flexibility index (Phi) is 1.63. The minimum absolute atomic E-state index is 0.307. The van der Waals surface area contributed by atoms with Crippen molar-refractivity contribution in [2.45, 2.75) is 6.04 Å². The summed E-state index contributed by atoms with van der Waals surface area (Å²) in [6, 6.07) is 0.307. The lowest BCUT2D eigenvalue weighted by molar-refractivity contribution is 0.639. The molecule has 2 aliphatic carbocycles. The quantitative estimate of drug-likeness (QED) is 0.544. The minimum Gasteiger partial charge on any atom is -0.284 e. The summed E-state index contributed by atoms with van der Waals surface area (Å²) in [4.78, 5) is 4.53. The Morgan fingerprint density at radius 1 is 0.929 bits per heavy atom. The molecule has 0 aromatic heterocycles. The topological polar surface area (TPSA) is 12.4 Å². The Morgan fingerprint density at radius 3 is 2.79 bits per heavy atom. The summed E-state index contributed by atoms with van der Waals surface area (Å²) in [7, 11) is 0. The third-order valence-corrected chi connectivity index (χ3v) is 2.87. The summed E-state index contributed by atoms with van der Waals surface area (Å²) >= 11 is 0. The molecule has 0 spiro atoms. The Bertz CT molecular complexity index is 388. The van der Waals surface area contributed by atoms with Gasteiger partial charge in [0, 0.05) is 12.1 Å². The number of fused-ring (bicyclic) bond motifs is 3. The van der Waals surface area contributed by atoms with Crippen molar-refractivity contribution in [3.8, 4) is 0 Å². The van der Waals surface area contributed by atoms with E-state index in [1.165, 1.54) is 11.1 Å². The van der Waals surface area contributed by atoms with Gasteiger partial charge in [-0.2, -0.15) is 0 Å². The van der Waals surface area contributed by atoms with Crippen LogP contribution in [0.15, 0.2) is 64.7 Å². The SMILES string of the molecule is C1=CC2=CC=C3C=CC=N[C@H]3[C@@H]2C=C1. The number of aliphatic imine (C=N–C) groups is 1. The Morgan fingerprint density at radius 2 is 1.79 bits per heavy atom. The van der Waals surface area contributed by atoms with Crippen LogP contribution in [0.1, 0.15) is 0 Å². The molecule has 0 saturated carbocycles. The molecule has 0 radical (unpaired) electrons. The fraction of sp³-hybridized carbons (Fsp3) is 0.154. The summed E-state index contributed by atoms with van der Waals surface area (Å²) in [6.07, 6.45) is 19.0. The molecule has 0 bridgehead atoms. The molecule has 0 aromatic rings. The van der Waals surface area contributed by atoms with Gasteiger partial charge in [-0.3, -0.25) is 4.99 Å². The molecule has 0 fully saturated rings. The van der Waals surface area contributed by atoms with Crippen LogP contribution in [0.3, 0.4) is 0 Å².